The number of ketones is 1. The zero-order valence-electron chi connectivity index (χ0n) is 8.34. The van der Waals surface area contributed by atoms with Gasteiger partial charge in [-0.1, -0.05) is 12.2 Å². The summed E-state index contributed by atoms with van der Waals surface area (Å²) in [7, 11) is 0. The van der Waals surface area contributed by atoms with Crippen LogP contribution in [0.25, 0.3) is 0 Å². The molecule has 0 aliphatic carbocycles. The molecule has 1 heterocycles. The number of allylic oxidation sites excluding steroid dienone is 1. The Kier molecular flexibility index (Phi) is 4.57. The zero-order valence-corrected chi connectivity index (χ0v) is 9.16. The third-order valence-electron chi connectivity index (χ3n) is 2.36. The molecule has 0 aromatic carbocycles. The molecule has 2 heteroatoms. The Morgan fingerprint density at radius 1 is 1.46 bits per heavy atom. The van der Waals surface area contributed by atoms with Crippen molar-refractivity contribution in [2.45, 2.75) is 32.6 Å². The van der Waals surface area contributed by atoms with Gasteiger partial charge in [-0.15, -0.1) is 0 Å². The fourth-order valence-corrected chi connectivity index (χ4v) is 2.89. The van der Waals surface area contributed by atoms with Gasteiger partial charge in [0.25, 0.3) is 0 Å². The molecule has 0 atom stereocenters. The Hall–Kier alpha value is -0.240. The summed E-state index contributed by atoms with van der Waals surface area (Å²) in [6.45, 7) is 5.69. The standard InChI is InChI=1S/C11H18OS/c1-9(2)7-11(12)8-10-3-5-13-6-4-10/h10H,1,3-8H2,2H3. The molecule has 74 valence electrons. The third kappa shape index (κ3) is 4.51. The maximum absolute atomic E-state index is 11.5. The van der Waals surface area contributed by atoms with E-state index in [1.165, 1.54) is 24.3 Å². The van der Waals surface area contributed by atoms with Crippen LogP contribution in [0.2, 0.25) is 0 Å². The monoisotopic (exact) mass is 198 g/mol. The van der Waals surface area contributed by atoms with Gasteiger partial charge in [0, 0.05) is 12.8 Å². The average molecular weight is 198 g/mol. The molecule has 0 saturated carbocycles. The molecular formula is C11H18OS. The van der Waals surface area contributed by atoms with Crippen molar-refractivity contribution in [2.24, 2.45) is 5.92 Å². The summed E-state index contributed by atoms with van der Waals surface area (Å²) in [5.74, 6) is 3.52. The topological polar surface area (TPSA) is 17.1 Å². The van der Waals surface area contributed by atoms with Crippen molar-refractivity contribution >= 4 is 17.5 Å². The van der Waals surface area contributed by atoms with E-state index >= 15 is 0 Å². The normalized spacial score (nSPS) is 18.5. The van der Waals surface area contributed by atoms with E-state index in [9.17, 15) is 4.79 Å². The maximum atomic E-state index is 11.5. The summed E-state index contributed by atoms with van der Waals surface area (Å²) in [4.78, 5) is 11.5. The molecule has 1 aliphatic heterocycles. The number of hydrogen-bond donors (Lipinski definition) is 0. The van der Waals surface area contributed by atoms with Gasteiger partial charge in [0.15, 0.2) is 0 Å². The van der Waals surface area contributed by atoms with E-state index < -0.39 is 0 Å². The van der Waals surface area contributed by atoms with E-state index in [4.69, 9.17) is 0 Å². The van der Waals surface area contributed by atoms with Gasteiger partial charge >= 0.3 is 0 Å². The lowest BCUT2D eigenvalue weighted by Gasteiger charge is -2.20. The van der Waals surface area contributed by atoms with Crippen LogP contribution in [-0.4, -0.2) is 17.3 Å². The molecule has 1 aliphatic rings. The minimum absolute atomic E-state index is 0.379. The molecule has 1 saturated heterocycles. The number of thioether (sulfide) groups is 1. The molecule has 0 amide bonds. The largest absolute Gasteiger partial charge is 0.299 e. The van der Waals surface area contributed by atoms with E-state index in [2.05, 4.69) is 6.58 Å². The smallest absolute Gasteiger partial charge is 0.137 e. The average Bonchev–Trinajstić information content (AvgIpc) is 2.04. The highest BCUT2D eigenvalue weighted by atomic mass is 32.2. The van der Waals surface area contributed by atoms with E-state index in [1.807, 2.05) is 18.7 Å². The number of hydrogen-bond acceptors (Lipinski definition) is 2. The van der Waals surface area contributed by atoms with Crippen LogP contribution in [0.4, 0.5) is 0 Å². The van der Waals surface area contributed by atoms with Crippen LogP contribution >= 0.6 is 11.8 Å². The van der Waals surface area contributed by atoms with Crippen LogP contribution in [0.1, 0.15) is 32.6 Å². The van der Waals surface area contributed by atoms with Crippen LogP contribution < -0.4 is 0 Å². The highest BCUT2D eigenvalue weighted by Gasteiger charge is 2.16. The second-order valence-corrected chi connectivity index (χ2v) is 5.16. The lowest BCUT2D eigenvalue weighted by molar-refractivity contribution is -0.119. The summed E-state index contributed by atoms with van der Waals surface area (Å²) in [6, 6.07) is 0. The number of carbonyl (C=O) groups is 1. The van der Waals surface area contributed by atoms with Gasteiger partial charge < -0.3 is 0 Å². The van der Waals surface area contributed by atoms with Crippen molar-refractivity contribution in [1.29, 1.82) is 0 Å². The van der Waals surface area contributed by atoms with Gasteiger partial charge in [-0.3, -0.25) is 4.79 Å². The Bertz CT molecular complexity index is 192. The number of rotatable bonds is 4. The van der Waals surface area contributed by atoms with E-state index in [0.717, 1.165) is 12.0 Å². The van der Waals surface area contributed by atoms with Gasteiger partial charge in [-0.25, -0.2) is 0 Å². The molecule has 0 unspecified atom stereocenters. The summed E-state index contributed by atoms with van der Waals surface area (Å²) < 4.78 is 0. The van der Waals surface area contributed by atoms with Crippen molar-refractivity contribution in [2.75, 3.05) is 11.5 Å². The number of carbonyl (C=O) groups excluding carboxylic acids is 1. The first-order valence-electron chi connectivity index (χ1n) is 4.92. The molecule has 0 aromatic rings. The molecule has 13 heavy (non-hydrogen) atoms. The Morgan fingerprint density at radius 3 is 2.62 bits per heavy atom. The van der Waals surface area contributed by atoms with Crippen LogP contribution in [-0.2, 0) is 4.79 Å². The van der Waals surface area contributed by atoms with Gasteiger partial charge in [0.1, 0.15) is 5.78 Å². The van der Waals surface area contributed by atoms with E-state index in [0.29, 0.717) is 18.1 Å². The van der Waals surface area contributed by atoms with Gasteiger partial charge in [0.2, 0.25) is 0 Å². The summed E-state index contributed by atoms with van der Waals surface area (Å²) >= 11 is 2.01. The van der Waals surface area contributed by atoms with Crippen molar-refractivity contribution in [3.05, 3.63) is 12.2 Å². The van der Waals surface area contributed by atoms with Crippen LogP contribution in [0.3, 0.4) is 0 Å². The Labute approximate surface area is 85.0 Å². The van der Waals surface area contributed by atoms with Crippen LogP contribution in [0.15, 0.2) is 12.2 Å². The predicted molar refractivity (Wildman–Crippen MR) is 59.1 cm³/mol. The summed E-state index contributed by atoms with van der Waals surface area (Å²) in [5.41, 5.74) is 0.996. The van der Waals surface area contributed by atoms with Gasteiger partial charge in [-0.2, -0.15) is 11.8 Å². The maximum Gasteiger partial charge on any atom is 0.137 e. The molecule has 0 N–H and O–H groups in total. The highest BCUT2D eigenvalue weighted by Crippen LogP contribution is 2.26. The van der Waals surface area contributed by atoms with Crippen molar-refractivity contribution in [3.63, 3.8) is 0 Å². The van der Waals surface area contributed by atoms with Crippen molar-refractivity contribution in [1.82, 2.24) is 0 Å². The molecule has 1 nitrogen and oxygen atoms in total. The van der Waals surface area contributed by atoms with E-state index in [1.54, 1.807) is 0 Å². The molecular weight excluding hydrogens is 180 g/mol. The number of Topliss-reactive ketones (excluding diaryl/α,β-unsaturated/α-hetero) is 1. The molecule has 0 spiro atoms. The lowest BCUT2D eigenvalue weighted by atomic mass is 9.94. The van der Waals surface area contributed by atoms with Crippen molar-refractivity contribution in [3.8, 4) is 0 Å². The minimum Gasteiger partial charge on any atom is -0.299 e. The summed E-state index contributed by atoms with van der Waals surface area (Å²) in [6.07, 6.45) is 3.83. The van der Waals surface area contributed by atoms with Gasteiger partial charge in [-0.05, 0) is 37.2 Å². The lowest BCUT2D eigenvalue weighted by Crippen LogP contribution is -2.14. The SMILES string of the molecule is C=C(C)CC(=O)CC1CCSCC1. The third-order valence-corrected chi connectivity index (χ3v) is 3.40. The minimum atomic E-state index is 0.379. The predicted octanol–water partition coefficient (Wildman–Crippen LogP) is 3.06. The van der Waals surface area contributed by atoms with Crippen LogP contribution in [0, 0.1) is 5.92 Å². The first-order valence-corrected chi connectivity index (χ1v) is 6.08. The fourth-order valence-electron chi connectivity index (χ4n) is 1.68. The van der Waals surface area contributed by atoms with Gasteiger partial charge in [0.05, 0.1) is 0 Å². The second kappa shape index (κ2) is 5.48. The first kappa shape index (κ1) is 10.8. The molecule has 0 bridgehead atoms. The zero-order chi connectivity index (χ0) is 9.68. The fraction of sp³-hybridized carbons (Fsp3) is 0.727. The van der Waals surface area contributed by atoms with Crippen LogP contribution in [0.5, 0.6) is 0 Å². The summed E-state index contributed by atoms with van der Waals surface area (Å²) in [5, 5.41) is 0. The molecule has 1 fully saturated rings. The highest BCUT2D eigenvalue weighted by molar-refractivity contribution is 7.99. The molecule has 0 aromatic heterocycles. The Morgan fingerprint density at radius 2 is 2.08 bits per heavy atom. The first-order chi connectivity index (χ1) is 6.18. The second-order valence-electron chi connectivity index (χ2n) is 3.93. The molecule has 0 radical (unpaired) electrons. The van der Waals surface area contributed by atoms with E-state index in [-0.39, 0.29) is 0 Å². The van der Waals surface area contributed by atoms with Crippen molar-refractivity contribution < 1.29 is 4.79 Å². The molecule has 1 rings (SSSR count). The quantitative estimate of drug-likeness (QED) is 0.646. The Balaban J connectivity index is 2.22.